The Morgan fingerprint density at radius 2 is 1.52 bits per heavy atom. The van der Waals surface area contributed by atoms with E-state index >= 15 is 0 Å². The van der Waals surface area contributed by atoms with Crippen molar-refractivity contribution in [2.75, 3.05) is 5.32 Å². The van der Waals surface area contributed by atoms with Crippen molar-refractivity contribution in [3.63, 3.8) is 0 Å². The lowest BCUT2D eigenvalue weighted by Crippen LogP contribution is -1.98. The smallest absolute Gasteiger partial charge is 0.138 e. The lowest BCUT2D eigenvalue weighted by Gasteiger charge is -2.09. The van der Waals surface area contributed by atoms with Crippen molar-refractivity contribution < 1.29 is 0 Å². The quantitative estimate of drug-likeness (QED) is 0.702. The number of anilines is 2. The van der Waals surface area contributed by atoms with Gasteiger partial charge >= 0.3 is 0 Å². The fourth-order valence-corrected chi connectivity index (χ4v) is 2.20. The number of nitrogens with zero attached hydrogens (tertiary/aromatic N) is 2. The highest BCUT2D eigenvalue weighted by atomic mass is 35.5. The molecule has 0 amide bonds. The average molecular weight is 296 g/mol. The SMILES string of the molecule is Cc1c(Cl)ncnc1Nc1ccc(-c2ccccc2)cc1. The van der Waals surface area contributed by atoms with Gasteiger partial charge in [0.2, 0.25) is 0 Å². The maximum atomic E-state index is 5.99. The molecule has 1 aromatic heterocycles. The van der Waals surface area contributed by atoms with Crippen LogP contribution in [0.1, 0.15) is 5.56 Å². The van der Waals surface area contributed by atoms with Gasteiger partial charge in [-0.25, -0.2) is 9.97 Å². The minimum atomic E-state index is 0.466. The van der Waals surface area contributed by atoms with E-state index in [9.17, 15) is 0 Å². The fraction of sp³-hybridized carbons (Fsp3) is 0.0588. The molecule has 0 bridgehead atoms. The highest BCUT2D eigenvalue weighted by Gasteiger charge is 2.05. The molecule has 1 N–H and O–H groups in total. The van der Waals surface area contributed by atoms with Crippen LogP contribution in [0.15, 0.2) is 60.9 Å². The van der Waals surface area contributed by atoms with Gasteiger partial charge in [-0.2, -0.15) is 0 Å². The Kier molecular flexibility index (Phi) is 3.84. The lowest BCUT2D eigenvalue weighted by molar-refractivity contribution is 1.13. The molecular formula is C17H14ClN3. The predicted molar refractivity (Wildman–Crippen MR) is 86.9 cm³/mol. The summed E-state index contributed by atoms with van der Waals surface area (Å²) in [6.45, 7) is 1.89. The van der Waals surface area contributed by atoms with Gasteiger partial charge in [0.25, 0.3) is 0 Å². The van der Waals surface area contributed by atoms with Gasteiger partial charge in [-0.3, -0.25) is 0 Å². The van der Waals surface area contributed by atoms with Gasteiger partial charge in [-0.15, -0.1) is 0 Å². The van der Waals surface area contributed by atoms with Crippen LogP contribution in [0.3, 0.4) is 0 Å². The number of hydrogen-bond donors (Lipinski definition) is 1. The molecule has 0 atom stereocenters. The number of rotatable bonds is 3. The largest absolute Gasteiger partial charge is 0.340 e. The first kappa shape index (κ1) is 13.6. The highest BCUT2D eigenvalue weighted by Crippen LogP contribution is 2.25. The average Bonchev–Trinajstić information content (AvgIpc) is 2.53. The minimum absolute atomic E-state index is 0.466. The van der Waals surface area contributed by atoms with E-state index in [-0.39, 0.29) is 0 Å². The molecule has 3 rings (SSSR count). The third-order valence-electron chi connectivity index (χ3n) is 3.28. The van der Waals surface area contributed by atoms with E-state index in [1.54, 1.807) is 0 Å². The number of halogens is 1. The molecule has 2 aromatic carbocycles. The van der Waals surface area contributed by atoms with Crippen LogP contribution in [0.2, 0.25) is 5.15 Å². The standard InChI is InChI=1S/C17H14ClN3/c1-12-16(18)19-11-20-17(12)21-15-9-7-14(8-10-15)13-5-3-2-4-6-13/h2-11H,1H3,(H,19,20,21). The molecule has 0 radical (unpaired) electrons. The maximum Gasteiger partial charge on any atom is 0.138 e. The van der Waals surface area contributed by atoms with E-state index < -0.39 is 0 Å². The minimum Gasteiger partial charge on any atom is -0.340 e. The summed E-state index contributed by atoms with van der Waals surface area (Å²) in [5.41, 5.74) is 4.18. The van der Waals surface area contributed by atoms with Crippen LogP contribution in [0.5, 0.6) is 0 Å². The van der Waals surface area contributed by atoms with Gasteiger partial charge in [-0.05, 0) is 30.2 Å². The summed E-state index contributed by atoms with van der Waals surface area (Å²) >= 11 is 5.99. The number of aromatic nitrogens is 2. The molecule has 0 fully saturated rings. The molecule has 0 saturated heterocycles. The van der Waals surface area contributed by atoms with Crippen LogP contribution in [0, 0.1) is 6.92 Å². The molecule has 0 aliphatic carbocycles. The molecule has 0 unspecified atom stereocenters. The second kappa shape index (κ2) is 5.94. The van der Waals surface area contributed by atoms with Crippen molar-refractivity contribution >= 4 is 23.1 Å². The molecule has 4 heteroatoms. The van der Waals surface area contributed by atoms with Gasteiger partial charge in [0.15, 0.2) is 0 Å². The van der Waals surface area contributed by atoms with Gasteiger partial charge in [0.1, 0.15) is 17.3 Å². The Labute approximate surface area is 128 Å². The Hall–Kier alpha value is -2.39. The predicted octanol–water partition coefficient (Wildman–Crippen LogP) is 4.85. The molecular weight excluding hydrogens is 282 g/mol. The van der Waals surface area contributed by atoms with E-state index in [1.165, 1.54) is 17.5 Å². The van der Waals surface area contributed by atoms with Crippen molar-refractivity contribution in [1.29, 1.82) is 0 Å². The zero-order valence-electron chi connectivity index (χ0n) is 11.5. The maximum absolute atomic E-state index is 5.99. The van der Waals surface area contributed by atoms with Gasteiger partial charge in [0, 0.05) is 11.3 Å². The van der Waals surface area contributed by atoms with Crippen molar-refractivity contribution in [3.05, 3.63) is 71.6 Å². The molecule has 104 valence electrons. The van der Waals surface area contributed by atoms with Crippen LogP contribution < -0.4 is 5.32 Å². The Morgan fingerprint density at radius 1 is 0.857 bits per heavy atom. The van der Waals surface area contributed by atoms with E-state index in [0.717, 1.165) is 17.1 Å². The second-order valence-corrected chi connectivity index (χ2v) is 5.06. The summed E-state index contributed by atoms with van der Waals surface area (Å²) in [7, 11) is 0. The lowest BCUT2D eigenvalue weighted by atomic mass is 10.1. The third kappa shape index (κ3) is 3.03. The first-order valence-electron chi connectivity index (χ1n) is 6.63. The van der Waals surface area contributed by atoms with E-state index in [1.807, 2.05) is 37.3 Å². The molecule has 0 aliphatic heterocycles. The van der Waals surface area contributed by atoms with Crippen LogP contribution in [-0.2, 0) is 0 Å². The number of benzene rings is 2. The van der Waals surface area contributed by atoms with Crippen LogP contribution in [0.25, 0.3) is 11.1 Å². The van der Waals surface area contributed by atoms with E-state index in [0.29, 0.717) is 5.15 Å². The van der Waals surface area contributed by atoms with Crippen LogP contribution >= 0.6 is 11.6 Å². The van der Waals surface area contributed by atoms with Gasteiger partial charge < -0.3 is 5.32 Å². The summed E-state index contributed by atoms with van der Waals surface area (Å²) in [5.74, 6) is 0.725. The van der Waals surface area contributed by atoms with Crippen molar-refractivity contribution in [3.8, 4) is 11.1 Å². The number of hydrogen-bond acceptors (Lipinski definition) is 3. The summed E-state index contributed by atoms with van der Waals surface area (Å²) in [5, 5.41) is 3.72. The highest BCUT2D eigenvalue weighted by molar-refractivity contribution is 6.30. The van der Waals surface area contributed by atoms with Crippen molar-refractivity contribution in [2.45, 2.75) is 6.92 Å². The molecule has 3 nitrogen and oxygen atoms in total. The second-order valence-electron chi connectivity index (χ2n) is 4.71. The topological polar surface area (TPSA) is 37.8 Å². The monoisotopic (exact) mass is 295 g/mol. The Morgan fingerprint density at radius 3 is 2.24 bits per heavy atom. The normalized spacial score (nSPS) is 10.4. The first-order valence-corrected chi connectivity index (χ1v) is 7.01. The molecule has 0 aliphatic rings. The third-order valence-corrected chi connectivity index (χ3v) is 3.66. The van der Waals surface area contributed by atoms with E-state index in [2.05, 4.69) is 39.6 Å². The molecule has 0 spiro atoms. The fourth-order valence-electron chi connectivity index (χ4n) is 2.07. The molecule has 21 heavy (non-hydrogen) atoms. The first-order chi connectivity index (χ1) is 10.2. The molecule has 1 heterocycles. The van der Waals surface area contributed by atoms with Gasteiger partial charge in [0.05, 0.1) is 0 Å². The Balaban J connectivity index is 1.83. The zero-order chi connectivity index (χ0) is 14.7. The molecule has 0 saturated carbocycles. The Bertz CT molecular complexity index is 740. The summed E-state index contributed by atoms with van der Waals surface area (Å²) < 4.78 is 0. The van der Waals surface area contributed by atoms with Crippen molar-refractivity contribution in [2.24, 2.45) is 0 Å². The summed E-state index contributed by atoms with van der Waals surface area (Å²) in [4.78, 5) is 8.16. The van der Waals surface area contributed by atoms with Crippen LogP contribution in [-0.4, -0.2) is 9.97 Å². The van der Waals surface area contributed by atoms with Gasteiger partial charge in [-0.1, -0.05) is 54.1 Å². The number of nitrogens with one attached hydrogen (secondary N) is 1. The van der Waals surface area contributed by atoms with Crippen LogP contribution in [0.4, 0.5) is 11.5 Å². The molecule has 3 aromatic rings. The zero-order valence-corrected chi connectivity index (χ0v) is 12.3. The summed E-state index contributed by atoms with van der Waals surface area (Å²) in [6.07, 6.45) is 1.45. The van der Waals surface area contributed by atoms with Crippen molar-refractivity contribution in [1.82, 2.24) is 9.97 Å². The van der Waals surface area contributed by atoms with E-state index in [4.69, 9.17) is 11.6 Å². The summed E-state index contributed by atoms with van der Waals surface area (Å²) in [6, 6.07) is 18.5.